The number of carbonyl (C=O) groups is 1. The number of hydrogen-bond acceptors (Lipinski definition) is 9. The number of rotatable bonds is 7. The minimum absolute atomic E-state index is 0.0351. The maximum absolute atomic E-state index is 12.3. The number of ether oxygens (including phenoxy) is 4. The van der Waals surface area contributed by atoms with E-state index in [4.69, 9.17) is 35.5 Å². The van der Waals surface area contributed by atoms with Crippen LogP contribution in [-0.2, 0) is 28.4 Å². The van der Waals surface area contributed by atoms with Crippen molar-refractivity contribution in [3.05, 3.63) is 76.3 Å². The van der Waals surface area contributed by atoms with Crippen LogP contribution in [0, 0.1) is 0 Å². The quantitative estimate of drug-likeness (QED) is 0.278. The smallest absolute Gasteiger partial charge is 0.338 e. The highest BCUT2D eigenvalue weighted by Gasteiger charge is 2.42. The zero-order chi connectivity index (χ0) is 29.7. The summed E-state index contributed by atoms with van der Waals surface area (Å²) in [5.41, 5.74) is 3.28. The normalized spacial score (nSPS) is 22.1. The Morgan fingerprint density at radius 2 is 1.98 bits per heavy atom. The van der Waals surface area contributed by atoms with Crippen molar-refractivity contribution in [2.45, 2.75) is 57.1 Å². The Bertz CT molecular complexity index is 1680. The number of likely N-dealkylation sites (tertiary alicyclic amines) is 1. The van der Waals surface area contributed by atoms with Crippen LogP contribution in [0.3, 0.4) is 0 Å². The fraction of sp³-hybridized carbons (Fsp3) is 0.406. The van der Waals surface area contributed by atoms with E-state index in [1.54, 1.807) is 18.3 Å². The van der Waals surface area contributed by atoms with Crippen molar-refractivity contribution in [1.82, 2.24) is 19.4 Å². The molecule has 2 aromatic carbocycles. The third-order valence-electron chi connectivity index (χ3n) is 8.71. The van der Waals surface area contributed by atoms with Gasteiger partial charge in [-0.05, 0) is 68.6 Å². The SMILES string of the molecule is COC(=O)c1cc(O)c2nc(CN3CCC(c4cccc5c4OC(C)(c4ccc(Cl)cn4)O5)CC3)n(C[C@@H]3CCO3)c2c1. The number of esters is 1. The summed E-state index contributed by atoms with van der Waals surface area (Å²) >= 11 is 6.05. The summed E-state index contributed by atoms with van der Waals surface area (Å²) in [5.74, 6) is 1.09. The number of hydrogen-bond donors (Lipinski definition) is 1. The monoisotopic (exact) mass is 604 g/mol. The second-order valence-corrected chi connectivity index (χ2v) is 11.9. The molecule has 0 spiro atoms. The molecule has 0 aliphatic carbocycles. The molecule has 224 valence electrons. The molecule has 4 aromatic rings. The van der Waals surface area contributed by atoms with Crippen LogP contribution >= 0.6 is 11.6 Å². The number of phenolic OH excluding ortho intramolecular Hbond substituents is 1. The predicted molar refractivity (Wildman–Crippen MR) is 159 cm³/mol. The fourth-order valence-corrected chi connectivity index (χ4v) is 6.38. The van der Waals surface area contributed by atoms with Crippen molar-refractivity contribution in [2.75, 3.05) is 26.8 Å². The molecule has 11 heteroatoms. The van der Waals surface area contributed by atoms with E-state index >= 15 is 0 Å². The Morgan fingerprint density at radius 3 is 2.67 bits per heavy atom. The van der Waals surface area contributed by atoms with E-state index in [1.807, 2.05) is 25.1 Å². The molecule has 3 aliphatic heterocycles. The first-order chi connectivity index (χ1) is 20.8. The Balaban J connectivity index is 1.09. The van der Waals surface area contributed by atoms with Crippen molar-refractivity contribution < 1.29 is 28.8 Å². The summed E-state index contributed by atoms with van der Waals surface area (Å²) in [7, 11) is 1.33. The largest absolute Gasteiger partial charge is 0.506 e. The van der Waals surface area contributed by atoms with Crippen molar-refractivity contribution in [2.24, 2.45) is 0 Å². The molecule has 43 heavy (non-hydrogen) atoms. The summed E-state index contributed by atoms with van der Waals surface area (Å²) in [6.07, 6.45) is 4.54. The maximum atomic E-state index is 12.3. The first kappa shape index (κ1) is 27.9. The van der Waals surface area contributed by atoms with E-state index < -0.39 is 11.8 Å². The standard InChI is InChI=1S/C32H33ClN4O6/c1-32(27-7-6-21(33)16-34-27)42-26-5-3-4-23(30(26)43-32)19-8-11-36(12-9-19)18-28-35-29-24(37(28)17-22-10-13-41-22)14-20(15-25(29)38)31(39)40-2/h3-7,14-16,19,22,38H,8-13,17-18H2,1-2H3/t22-,32?/m0/s1. The zero-order valence-electron chi connectivity index (χ0n) is 24.1. The molecular formula is C32H33ClN4O6. The van der Waals surface area contributed by atoms with Crippen molar-refractivity contribution in [3.8, 4) is 17.2 Å². The Labute approximate surface area is 254 Å². The van der Waals surface area contributed by atoms with E-state index in [2.05, 4.69) is 20.5 Å². The molecule has 10 nitrogen and oxygen atoms in total. The maximum Gasteiger partial charge on any atom is 0.338 e. The lowest BCUT2D eigenvalue weighted by Gasteiger charge is -2.33. The lowest BCUT2D eigenvalue weighted by atomic mass is 9.88. The summed E-state index contributed by atoms with van der Waals surface area (Å²) in [4.78, 5) is 23.9. The average molecular weight is 605 g/mol. The average Bonchev–Trinajstić information content (AvgIpc) is 3.52. The highest BCUT2D eigenvalue weighted by molar-refractivity contribution is 6.30. The van der Waals surface area contributed by atoms with Crippen molar-refractivity contribution in [3.63, 3.8) is 0 Å². The minimum atomic E-state index is -1.02. The molecule has 2 atom stereocenters. The van der Waals surface area contributed by atoms with Crippen LogP contribution in [0.5, 0.6) is 17.2 Å². The topological polar surface area (TPSA) is 108 Å². The van der Waals surface area contributed by atoms with Gasteiger partial charge >= 0.3 is 5.97 Å². The lowest BCUT2D eigenvalue weighted by molar-refractivity contribution is -0.0722. The molecule has 0 radical (unpaired) electrons. The summed E-state index contributed by atoms with van der Waals surface area (Å²) in [6, 6.07) is 12.9. The fourth-order valence-electron chi connectivity index (χ4n) is 6.27. The van der Waals surface area contributed by atoms with E-state index in [0.717, 1.165) is 61.8 Å². The van der Waals surface area contributed by atoms with E-state index in [0.29, 0.717) is 46.3 Å². The highest BCUT2D eigenvalue weighted by Crippen LogP contribution is 2.49. The van der Waals surface area contributed by atoms with Crippen LogP contribution < -0.4 is 9.47 Å². The minimum Gasteiger partial charge on any atom is -0.506 e. The number of methoxy groups -OCH3 is 1. The van der Waals surface area contributed by atoms with Gasteiger partial charge in [-0.15, -0.1) is 0 Å². The highest BCUT2D eigenvalue weighted by atomic mass is 35.5. The van der Waals surface area contributed by atoms with Gasteiger partial charge in [0, 0.05) is 25.3 Å². The first-order valence-electron chi connectivity index (χ1n) is 14.6. The second kappa shape index (κ2) is 11.0. The Hall–Kier alpha value is -3.86. The van der Waals surface area contributed by atoms with Gasteiger partial charge < -0.3 is 28.6 Å². The van der Waals surface area contributed by atoms with Gasteiger partial charge in [-0.3, -0.25) is 9.88 Å². The number of nitrogens with zero attached hydrogens (tertiary/aromatic N) is 4. The molecule has 2 aromatic heterocycles. The number of halogens is 1. The molecule has 7 rings (SSSR count). The van der Waals surface area contributed by atoms with Gasteiger partial charge in [0.2, 0.25) is 0 Å². The van der Waals surface area contributed by atoms with Gasteiger partial charge in [-0.2, -0.15) is 0 Å². The Kier molecular flexibility index (Phi) is 7.15. The van der Waals surface area contributed by atoms with E-state index in [9.17, 15) is 9.90 Å². The van der Waals surface area contributed by atoms with Gasteiger partial charge in [-0.1, -0.05) is 23.7 Å². The molecular weight excluding hydrogens is 572 g/mol. The summed E-state index contributed by atoms with van der Waals surface area (Å²) in [6.45, 7) is 5.59. The van der Waals surface area contributed by atoms with Gasteiger partial charge in [0.25, 0.3) is 5.79 Å². The third-order valence-corrected chi connectivity index (χ3v) is 8.93. The van der Waals surface area contributed by atoms with Crippen molar-refractivity contribution >= 4 is 28.6 Å². The molecule has 3 aliphatic rings. The number of aromatic nitrogens is 3. The molecule has 0 bridgehead atoms. The van der Waals surface area contributed by atoms with Crippen LogP contribution in [0.15, 0.2) is 48.7 Å². The number of benzene rings is 2. The molecule has 0 amide bonds. The predicted octanol–water partition coefficient (Wildman–Crippen LogP) is 5.39. The summed E-state index contributed by atoms with van der Waals surface area (Å²) < 4.78 is 25.4. The number of piperidine rings is 1. The van der Waals surface area contributed by atoms with Gasteiger partial charge in [0.05, 0.1) is 42.4 Å². The number of para-hydroxylation sites is 1. The number of phenols is 1. The van der Waals surface area contributed by atoms with Crippen LogP contribution in [0.25, 0.3) is 11.0 Å². The number of imidazole rings is 1. The second-order valence-electron chi connectivity index (χ2n) is 11.5. The van der Waals surface area contributed by atoms with Crippen LogP contribution in [0.4, 0.5) is 0 Å². The molecule has 5 heterocycles. The van der Waals surface area contributed by atoms with Gasteiger partial charge in [0.1, 0.15) is 22.8 Å². The van der Waals surface area contributed by atoms with Gasteiger partial charge in [0.15, 0.2) is 11.5 Å². The van der Waals surface area contributed by atoms with Crippen LogP contribution in [0.1, 0.15) is 59.5 Å². The van der Waals surface area contributed by atoms with E-state index in [1.165, 1.54) is 13.2 Å². The zero-order valence-corrected chi connectivity index (χ0v) is 24.8. The lowest BCUT2D eigenvalue weighted by Crippen LogP contribution is -2.35. The number of carbonyl (C=O) groups excluding carboxylic acids is 1. The molecule has 1 N–H and O–H groups in total. The third kappa shape index (κ3) is 5.17. The molecule has 0 saturated carbocycles. The number of pyridine rings is 1. The van der Waals surface area contributed by atoms with Crippen molar-refractivity contribution in [1.29, 1.82) is 0 Å². The number of fused-ring (bicyclic) bond motifs is 2. The first-order valence-corrected chi connectivity index (χ1v) is 15.0. The number of aromatic hydroxyl groups is 1. The summed E-state index contributed by atoms with van der Waals surface area (Å²) in [5, 5.41) is 11.3. The molecule has 2 saturated heterocycles. The van der Waals surface area contributed by atoms with Crippen LogP contribution in [0.2, 0.25) is 5.02 Å². The Morgan fingerprint density at radius 1 is 1.16 bits per heavy atom. The van der Waals surface area contributed by atoms with Crippen LogP contribution in [-0.4, -0.2) is 63.4 Å². The van der Waals surface area contributed by atoms with E-state index in [-0.39, 0.29) is 11.9 Å². The molecule has 1 unspecified atom stereocenters. The van der Waals surface area contributed by atoms with Gasteiger partial charge in [-0.25, -0.2) is 9.78 Å². The molecule has 2 fully saturated rings.